The number of hydrogen-bond donors (Lipinski definition) is 1. The van der Waals surface area contributed by atoms with Crippen LogP contribution < -0.4 is 15.0 Å². The lowest BCUT2D eigenvalue weighted by Crippen LogP contribution is -2.46. The largest absolute Gasteiger partial charge is 0.436 e. The van der Waals surface area contributed by atoms with E-state index in [1.54, 1.807) is 12.1 Å². The van der Waals surface area contributed by atoms with Crippen LogP contribution in [-0.4, -0.2) is 47.6 Å². The molecule has 5 rings (SSSR count). The number of likely N-dealkylation sites (N-methyl/N-ethyl adjacent to an activating group) is 1. The van der Waals surface area contributed by atoms with Crippen molar-refractivity contribution in [3.8, 4) is 11.6 Å². The number of nitrogens with one attached hydrogen (secondary N) is 1. The van der Waals surface area contributed by atoms with Crippen LogP contribution in [0.4, 0.5) is 21.6 Å². The van der Waals surface area contributed by atoms with Crippen LogP contribution in [0.3, 0.4) is 0 Å². The Hall–Kier alpha value is -3.45. The highest BCUT2D eigenvalue weighted by Gasteiger charge is 2.19. The van der Waals surface area contributed by atoms with Gasteiger partial charge in [0.15, 0.2) is 11.6 Å². The maximum Gasteiger partial charge on any atom is 0.224 e. The Bertz CT molecular complexity index is 1170. The summed E-state index contributed by atoms with van der Waals surface area (Å²) >= 11 is 0. The first kappa shape index (κ1) is 21.4. The molecule has 6 nitrogen and oxygen atoms in total. The van der Waals surface area contributed by atoms with E-state index in [2.05, 4.69) is 44.1 Å². The molecule has 2 heterocycles. The number of ether oxygens (including phenoxy) is 1. The van der Waals surface area contributed by atoms with Crippen LogP contribution in [0.1, 0.15) is 25.0 Å². The van der Waals surface area contributed by atoms with Crippen LogP contribution in [0.15, 0.2) is 54.4 Å². The Balaban J connectivity index is 1.25. The third kappa shape index (κ3) is 4.68. The minimum absolute atomic E-state index is 0.164. The van der Waals surface area contributed by atoms with Gasteiger partial charge < -0.3 is 19.9 Å². The van der Waals surface area contributed by atoms with Crippen molar-refractivity contribution in [2.24, 2.45) is 0 Å². The van der Waals surface area contributed by atoms with Gasteiger partial charge in [0.2, 0.25) is 5.88 Å². The number of anilines is 3. The van der Waals surface area contributed by atoms with Crippen molar-refractivity contribution in [3.63, 3.8) is 0 Å². The molecule has 0 atom stereocenters. The fraction of sp³-hybridized carbons (Fsp3) is 0.308. The average molecular weight is 446 g/mol. The molecule has 0 bridgehead atoms. The first-order chi connectivity index (χ1) is 16.1. The first-order valence-corrected chi connectivity index (χ1v) is 11.4. The minimum Gasteiger partial charge on any atom is -0.436 e. The highest BCUT2D eigenvalue weighted by Crippen LogP contribution is 2.34. The highest BCUT2D eigenvalue weighted by atomic mass is 19.1. The second-order valence-electron chi connectivity index (χ2n) is 8.55. The Morgan fingerprint density at radius 2 is 1.82 bits per heavy atom. The van der Waals surface area contributed by atoms with Crippen molar-refractivity contribution in [1.29, 1.82) is 0 Å². The number of piperazine rings is 1. The van der Waals surface area contributed by atoms with E-state index < -0.39 is 0 Å². The molecule has 3 aromatic rings. The van der Waals surface area contributed by atoms with E-state index >= 15 is 0 Å². The number of rotatable bonds is 6. The summed E-state index contributed by atoms with van der Waals surface area (Å²) in [5, 5.41) is 3.28. The zero-order chi connectivity index (χ0) is 22.8. The van der Waals surface area contributed by atoms with E-state index in [1.807, 2.05) is 31.2 Å². The van der Waals surface area contributed by atoms with E-state index in [-0.39, 0.29) is 17.4 Å². The lowest BCUT2D eigenvalue weighted by molar-refractivity contribution is 0.271. The highest BCUT2D eigenvalue weighted by molar-refractivity contribution is 5.66. The van der Waals surface area contributed by atoms with Crippen LogP contribution >= 0.6 is 0 Å². The molecule has 1 saturated heterocycles. The Labute approximate surface area is 193 Å². The first-order valence-electron chi connectivity index (χ1n) is 11.4. The van der Waals surface area contributed by atoms with E-state index in [4.69, 9.17) is 4.74 Å². The molecule has 1 aromatic heterocycles. The molecule has 33 heavy (non-hydrogen) atoms. The van der Waals surface area contributed by atoms with Gasteiger partial charge in [0.25, 0.3) is 0 Å². The van der Waals surface area contributed by atoms with Crippen LogP contribution in [-0.2, 0) is 6.42 Å². The number of hydrogen-bond acceptors (Lipinski definition) is 6. The zero-order valence-corrected chi connectivity index (χ0v) is 19.0. The number of benzene rings is 2. The third-order valence-electron chi connectivity index (χ3n) is 6.28. The molecule has 0 amide bonds. The molecule has 0 spiro atoms. The molecule has 0 saturated carbocycles. The molecule has 0 radical (unpaired) electrons. The van der Waals surface area contributed by atoms with Crippen molar-refractivity contribution in [1.82, 2.24) is 14.9 Å². The van der Waals surface area contributed by atoms with Gasteiger partial charge in [-0.05, 0) is 55.8 Å². The Kier molecular flexibility index (Phi) is 5.96. The van der Waals surface area contributed by atoms with Gasteiger partial charge in [0, 0.05) is 49.2 Å². The number of allylic oxidation sites excluding steroid dienone is 1. The topological polar surface area (TPSA) is 53.5 Å². The normalized spacial score (nSPS) is 15.8. The van der Waals surface area contributed by atoms with Crippen LogP contribution in [0.5, 0.6) is 11.6 Å². The van der Waals surface area contributed by atoms with Crippen LogP contribution in [0.25, 0.3) is 6.08 Å². The van der Waals surface area contributed by atoms with E-state index in [9.17, 15) is 4.39 Å². The summed E-state index contributed by atoms with van der Waals surface area (Å²) in [6, 6.07) is 13.6. The lowest BCUT2D eigenvalue weighted by Gasteiger charge is -2.35. The third-order valence-corrected chi connectivity index (χ3v) is 6.28. The molecule has 170 valence electrons. The SMILES string of the molecule is CCN1CCN(c2ccc(Nc3cc(Oc4ccc5c(c4F)C=C(C)C5)ncn3)cc2)CC1. The number of aromatic nitrogens is 2. The molecular formula is C26H28FN5O. The monoisotopic (exact) mass is 445 g/mol. The molecular weight excluding hydrogens is 417 g/mol. The Morgan fingerprint density at radius 1 is 1.03 bits per heavy atom. The predicted octanol–water partition coefficient (Wildman–Crippen LogP) is 5.25. The van der Waals surface area contributed by atoms with Gasteiger partial charge in [-0.25, -0.2) is 14.4 Å². The van der Waals surface area contributed by atoms with E-state index in [0.29, 0.717) is 11.4 Å². The summed E-state index contributed by atoms with van der Waals surface area (Å²) in [5.74, 6) is 0.682. The molecule has 1 N–H and O–H groups in total. The van der Waals surface area contributed by atoms with Crippen molar-refractivity contribution in [2.45, 2.75) is 20.3 Å². The molecule has 2 aromatic carbocycles. The van der Waals surface area contributed by atoms with E-state index in [1.165, 1.54) is 12.0 Å². The Morgan fingerprint density at radius 3 is 2.58 bits per heavy atom. The summed E-state index contributed by atoms with van der Waals surface area (Å²) < 4.78 is 20.6. The summed E-state index contributed by atoms with van der Waals surface area (Å²) in [5.41, 5.74) is 4.87. The van der Waals surface area contributed by atoms with Crippen molar-refractivity contribution < 1.29 is 9.13 Å². The van der Waals surface area contributed by atoms with E-state index in [0.717, 1.165) is 56.0 Å². The number of fused-ring (bicyclic) bond motifs is 1. The summed E-state index contributed by atoms with van der Waals surface area (Å²) in [6.07, 6.45) is 4.06. The van der Waals surface area contributed by atoms with Gasteiger partial charge in [0.1, 0.15) is 12.1 Å². The number of nitrogens with zero attached hydrogens (tertiary/aromatic N) is 4. The zero-order valence-electron chi connectivity index (χ0n) is 19.0. The predicted molar refractivity (Wildman–Crippen MR) is 130 cm³/mol. The summed E-state index contributed by atoms with van der Waals surface area (Å²) in [4.78, 5) is 13.3. The summed E-state index contributed by atoms with van der Waals surface area (Å²) in [7, 11) is 0. The molecule has 2 aliphatic rings. The van der Waals surface area contributed by atoms with Crippen molar-refractivity contribution in [3.05, 3.63) is 71.3 Å². The maximum atomic E-state index is 14.9. The number of halogens is 1. The second-order valence-corrected chi connectivity index (χ2v) is 8.55. The molecule has 0 unspecified atom stereocenters. The fourth-order valence-electron chi connectivity index (χ4n) is 4.40. The van der Waals surface area contributed by atoms with Crippen LogP contribution in [0, 0.1) is 5.82 Å². The van der Waals surface area contributed by atoms with Crippen molar-refractivity contribution >= 4 is 23.3 Å². The van der Waals surface area contributed by atoms with Gasteiger partial charge in [-0.2, -0.15) is 0 Å². The van der Waals surface area contributed by atoms with Crippen molar-refractivity contribution in [2.75, 3.05) is 42.9 Å². The van der Waals surface area contributed by atoms with Gasteiger partial charge in [0.05, 0.1) is 0 Å². The molecule has 1 fully saturated rings. The van der Waals surface area contributed by atoms with Gasteiger partial charge in [-0.1, -0.05) is 24.6 Å². The fourth-order valence-corrected chi connectivity index (χ4v) is 4.40. The molecule has 1 aliphatic heterocycles. The van der Waals surface area contributed by atoms with Gasteiger partial charge in [-0.3, -0.25) is 0 Å². The van der Waals surface area contributed by atoms with Gasteiger partial charge in [-0.15, -0.1) is 0 Å². The maximum absolute atomic E-state index is 14.9. The van der Waals surface area contributed by atoms with Gasteiger partial charge >= 0.3 is 0 Å². The second kappa shape index (κ2) is 9.19. The summed E-state index contributed by atoms with van der Waals surface area (Å²) in [6.45, 7) is 9.60. The lowest BCUT2D eigenvalue weighted by atomic mass is 10.1. The van der Waals surface area contributed by atoms with Crippen LogP contribution in [0.2, 0.25) is 0 Å². The minimum atomic E-state index is -0.354. The molecule has 1 aliphatic carbocycles. The molecule has 7 heteroatoms. The average Bonchev–Trinajstić information content (AvgIpc) is 3.23. The standard InChI is InChI=1S/C26H28FN5O/c1-3-31-10-12-32(13-11-31)21-7-5-20(6-8-21)30-24-16-25(29-17-28-24)33-23-9-4-19-14-18(2)15-22(19)26(23)27/h4-9,15-17H,3,10-14H2,1-2H3,(H,28,29,30). The quantitative estimate of drug-likeness (QED) is 0.559. The smallest absolute Gasteiger partial charge is 0.224 e.